The summed E-state index contributed by atoms with van der Waals surface area (Å²) in [6, 6.07) is 4.15. The van der Waals surface area contributed by atoms with Gasteiger partial charge in [0, 0.05) is 18.7 Å². The summed E-state index contributed by atoms with van der Waals surface area (Å²) in [6.07, 6.45) is 2.69. The van der Waals surface area contributed by atoms with Crippen LogP contribution in [-0.2, 0) is 0 Å². The van der Waals surface area contributed by atoms with Crippen molar-refractivity contribution < 1.29 is 14.3 Å². The summed E-state index contributed by atoms with van der Waals surface area (Å²) in [7, 11) is 0. The minimum atomic E-state index is -0.335. The summed E-state index contributed by atoms with van der Waals surface area (Å²) in [5.74, 6) is -0.227. The SMILES string of the molecule is CCCC(CCO)CNC(=O)c1ccc(F)cc1C. The molecule has 0 aliphatic heterocycles. The molecule has 1 atom stereocenters. The molecular formula is C15H22FNO2. The standard InChI is InChI=1S/C15H22FNO2/c1-3-4-12(7-8-18)10-17-15(19)14-6-5-13(16)9-11(14)2/h5-6,9,12,18H,3-4,7-8,10H2,1-2H3,(H,17,19). The van der Waals surface area contributed by atoms with Crippen molar-refractivity contribution in [2.45, 2.75) is 33.1 Å². The van der Waals surface area contributed by atoms with Crippen LogP contribution >= 0.6 is 0 Å². The van der Waals surface area contributed by atoms with Gasteiger partial charge in [-0.05, 0) is 49.4 Å². The molecule has 0 heterocycles. The molecular weight excluding hydrogens is 245 g/mol. The van der Waals surface area contributed by atoms with Gasteiger partial charge in [0.2, 0.25) is 0 Å². The molecule has 0 aliphatic rings. The Morgan fingerprint density at radius 1 is 1.42 bits per heavy atom. The number of benzene rings is 1. The molecule has 2 N–H and O–H groups in total. The van der Waals surface area contributed by atoms with E-state index < -0.39 is 0 Å². The molecule has 0 aromatic heterocycles. The Labute approximate surface area is 113 Å². The lowest BCUT2D eigenvalue weighted by molar-refractivity contribution is 0.0942. The molecule has 19 heavy (non-hydrogen) atoms. The van der Waals surface area contributed by atoms with Gasteiger partial charge in [-0.2, -0.15) is 0 Å². The van der Waals surface area contributed by atoms with E-state index in [0.717, 1.165) is 12.8 Å². The lowest BCUT2D eigenvalue weighted by Crippen LogP contribution is -2.30. The number of hydrogen-bond donors (Lipinski definition) is 2. The normalized spacial score (nSPS) is 12.2. The first-order valence-corrected chi connectivity index (χ1v) is 6.73. The molecule has 0 saturated carbocycles. The summed E-state index contributed by atoms with van der Waals surface area (Å²) in [5, 5.41) is 11.8. The van der Waals surface area contributed by atoms with Crippen molar-refractivity contribution in [3.05, 3.63) is 35.1 Å². The Kier molecular flexibility index (Phi) is 6.50. The van der Waals surface area contributed by atoms with Crippen LogP contribution in [0.25, 0.3) is 0 Å². The smallest absolute Gasteiger partial charge is 0.251 e. The van der Waals surface area contributed by atoms with Crippen molar-refractivity contribution in [3.63, 3.8) is 0 Å². The van der Waals surface area contributed by atoms with Crippen LogP contribution < -0.4 is 5.32 Å². The van der Waals surface area contributed by atoms with Crippen molar-refractivity contribution in [3.8, 4) is 0 Å². The van der Waals surface area contributed by atoms with Crippen molar-refractivity contribution in [2.24, 2.45) is 5.92 Å². The summed E-state index contributed by atoms with van der Waals surface area (Å²) in [6.45, 7) is 4.48. The fourth-order valence-corrected chi connectivity index (χ4v) is 2.15. The molecule has 0 spiro atoms. The Morgan fingerprint density at radius 2 is 2.16 bits per heavy atom. The first-order valence-electron chi connectivity index (χ1n) is 6.73. The maximum absolute atomic E-state index is 13.0. The molecule has 0 saturated heterocycles. The topological polar surface area (TPSA) is 49.3 Å². The second-order valence-corrected chi connectivity index (χ2v) is 4.84. The maximum Gasteiger partial charge on any atom is 0.251 e. The molecule has 1 rings (SSSR count). The fourth-order valence-electron chi connectivity index (χ4n) is 2.15. The number of amides is 1. The largest absolute Gasteiger partial charge is 0.396 e. The average molecular weight is 267 g/mol. The van der Waals surface area contributed by atoms with Gasteiger partial charge in [-0.3, -0.25) is 4.79 Å². The molecule has 0 radical (unpaired) electrons. The van der Waals surface area contributed by atoms with Crippen molar-refractivity contribution in [1.29, 1.82) is 0 Å². The monoisotopic (exact) mass is 267 g/mol. The summed E-state index contributed by atoms with van der Waals surface area (Å²) < 4.78 is 13.0. The van der Waals surface area contributed by atoms with E-state index in [9.17, 15) is 9.18 Å². The maximum atomic E-state index is 13.0. The Hall–Kier alpha value is -1.42. The number of carbonyl (C=O) groups excluding carboxylic acids is 1. The highest BCUT2D eigenvalue weighted by Gasteiger charge is 2.12. The zero-order valence-electron chi connectivity index (χ0n) is 11.6. The van der Waals surface area contributed by atoms with E-state index in [1.807, 2.05) is 0 Å². The van der Waals surface area contributed by atoms with Crippen LogP contribution in [0.1, 0.15) is 42.1 Å². The van der Waals surface area contributed by atoms with Gasteiger partial charge in [-0.1, -0.05) is 13.3 Å². The molecule has 3 nitrogen and oxygen atoms in total. The van der Waals surface area contributed by atoms with Gasteiger partial charge >= 0.3 is 0 Å². The van der Waals surface area contributed by atoms with E-state index >= 15 is 0 Å². The lowest BCUT2D eigenvalue weighted by Gasteiger charge is -2.16. The molecule has 4 heteroatoms. The van der Waals surface area contributed by atoms with Gasteiger partial charge in [0.05, 0.1) is 0 Å². The quantitative estimate of drug-likeness (QED) is 0.798. The molecule has 1 aromatic rings. The molecule has 0 fully saturated rings. The first-order chi connectivity index (χ1) is 9.08. The van der Waals surface area contributed by atoms with E-state index in [2.05, 4.69) is 12.2 Å². The van der Waals surface area contributed by atoms with Crippen LogP contribution in [-0.4, -0.2) is 24.2 Å². The number of nitrogens with one attached hydrogen (secondary N) is 1. The zero-order valence-corrected chi connectivity index (χ0v) is 11.6. The van der Waals surface area contributed by atoms with Crippen LogP contribution in [0, 0.1) is 18.7 Å². The highest BCUT2D eigenvalue weighted by Crippen LogP contribution is 2.12. The van der Waals surface area contributed by atoms with Gasteiger partial charge in [-0.25, -0.2) is 4.39 Å². The molecule has 1 unspecified atom stereocenters. The number of halogens is 1. The van der Waals surface area contributed by atoms with Gasteiger partial charge in [0.15, 0.2) is 0 Å². The van der Waals surface area contributed by atoms with Gasteiger partial charge in [0.25, 0.3) is 5.91 Å². The molecule has 1 amide bonds. The van der Waals surface area contributed by atoms with Crippen molar-refractivity contribution >= 4 is 5.91 Å². The number of hydrogen-bond acceptors (Lipinski definition) is 2. The van der Waals surface area contributed by atoms with E-state index in [1.54, 1.807) is 6.92 Å². The molecule has 0 aliphatic carbocycles. The second-order valence-electron chi connectivity index (χ2n) is 4.84. The summed E-state index contributed by atoms with van der Waals surface area (Å²) in [4.78, 5) is 12.0. The predicted molar refractivity (Wildman–Crippen MR) is 73.6 cm³/mol. The van der Waals surface area contributed by atoms with Gasteiger partial charge in [0.1, 0.15) is 5.82 Å². The first kappa shape index (κ1) is 15.6. The Morgan fingerprint density at radius 3 is 2.74 bits per heavy atom. The van der Waals surface area contributed by atoms with Gasteiger partial charge < -0.3 is 10.4 Å². The second kappa shape index (κ2) is 7.89. The minimum absolute atomic E-state index is 0.135. The zero-order chi connectivity index (χ0) is 14.3. The van der Waals surface area contributed by atoms with Crippen molar-refractivity contribution in [2.75, 3.05) is 13.2 Å². The van der Waals surface area contributed by atoms with E-state index in [4.69, 9.17) is 5.11 Å². The molecule has 0 bridgehead atoms. The summed E-state index contributed by atoms with van der Waals surface area (Å²) >= 11 is 0. The van der Waals surface area contributed by atoms with Crippen LogP contribution in [0.15, 0.2) is 18.2 Å². The van der Waals surface area contributed by atoms with Crippen LogP contribution in [0.5, 0.6) is 0 Å². The number of carbonyl (C=O) groups is 1. The number of aliphatic hydroxyl groups is 1. The summed E-state index contributed by atoms with van der Waals surface area (Å²) in [5.41, 5.74) is 1.13. The minimum Gasteiger partial charge on any atom is -0.396 e. The average Bonchev–Trinajstić information content (AvgIpc) is 2.36. The lowest BCUT2D eigenvalue weighted by atomic mass is 10.00. The van der Waals surface area contributed by atoms with Crippen LogP contribution in [0.3, 0.4) is 0 Å². The Bertz CT molecular complexity index is 415. The number of rotatable bonds is 7. The number of aryl methyl sites for hydroxylation is 1. The molecule has 106 valence electrons. The third-order valence-corrected chi connectivity index (χ3v) is 3.22. The van der Waals surface area contributed by atoms with E-state index in [-0.39, 0.29) is 18.3 Å². The number of aliphatic hydroxyl groups excluding tert-OH is 1. The van der Waals surface area contributed by atoms with Crippen LogP contribution in [0.4, 0.5) is 4.39 Å². The highest BCUT2D eigenvalue weighted by molar-refractivity contribution is 5.95. The third-order valence-electron chi connectivity index (χ3n) is 3.22. The highest BCUT2D eigenvalue weighted by atomic mass is 19.1. The van der Waals surface area contributed by atoms with Crippen LogP contribution in [0.2, 0.25) is 0 Å². The predicted octanol–water partition coefficient (Wildman–Crippen LogP) is 2.66. The fraction of sp³-hybridized carbons (Fsp3) is 0.533. The Balaban J connectivity index is 2.58. The third kappa shape index (κ3) is 4.99. The van der Waals surface area contributed by atoms with Gasteiger partial charge in [-0.15, -0.1) is 0 Å². The van der Waals surface area contributed by atoms with E-state index in [0.29, 0.717) is 30.0 Å². The van der Waals surface area contributed by atoms with Crippen molar-refractivity contribution in [1.82, 2.24) is 5.32 Å². The molecule has 1 aromatic carbocycles. The van der Waals surface area contributed by atoms with E-state index in [1.165, 1.54) is 18.2 Å².